The molecule has 1 rings (SSSR count). The summed E-state index contributed by atoms with van der Waals surface area (Å²) < 4.78 is 11.8. The maximum absolute atomic E-state index is 11.8. The molecule has 1 N–H and O–H groups in total. The molecule has 0 saturated carbocycles. The van der Waals surface area contributed by atoms with E-state index in [1.165, 1.54) is 4.88 Å². The zero-order valence-corrected chi connectivity index (χ0v) is 10.5. The Kier molecular flexibility index (Phi) is 4.67. The molecule has 86 valence electrons. The third-order valence-corrected chi connectivity index (χ3v) is 3.40. The minimum Gasteiger partial charge on any atom is -0.312 e. The number of alkyl halides is 1. The molecule has 0 spiro atoms. The average Bonchev–Trinajstić information content (AvgIpc) is 2.60. The largest absolute Gasteiger partial charge is 0.312 e. The van der Waals surface area contributed by atoms with E-state index in [0.29, 0.717) is 6.42 Å². The van der Waals surface area contributed by atoms with Gasteiger partial charge >= 0.3 is 0 Å². The van der Waals surface area contributed by atoms with Crippen LogP contribution in [0.3, 0.4) is 0 Å². The molecule has 2 nitrogen and oxygen atoms in total. The van der Waals surface area contributed by atoms with E-state index in [9.17, 15) is 4.39 Å². The van der Waals surface area contributed by atoms with Crippen LogP contribution in [-0.4, -0.2) is 18.2 Å². The van der Waals surface area contributed by atoms with Crippen molar-refractivity contribution in [2.75, 3.05) is 13.2 Å². The van der Waals surface area contributed by atoms with Crippen LogP contribution in [0.1, 0.15) is 37.1 Å². The van der Waals surface area contributed by atoms with Gasteiger partial charge in [0.15, 0.2) is 0 Å². The molecule has 15 heavy (non-hydrogen) atoms. The van der Waals surface area contributed by atoms with Gasteiger partial charge in [-0.25, -0.2) is 4.98 Å². The fourth-order valence-electron chi connectivity index (χ4n) is 1.14. The van der Waals surface area contributed by atoms with Crippen molar-refractivity contribution in [3.63, 3.8) is 0 Å². The Labute approximate surface area is 94.9 Å². The number of nitrogens with zero attached hydrogens (tertiary/aromatic N) is 1. The summed E-state index contributed by atoms with van der Waals surface area (Å²) in [5.41, 5.74) is 0.127. The van der Waals surface area contributed by atoms with Crippen molar-refractivity contribution >= 4 is 11.3 Å². The van der Waals surface area contributed by atoms with Gasteiger partial charge in [0.05, 0.1) is 11.7 Å². The first-order valence-corrected chi connectivity index (χ1v) is 6.07. The van der Waals surface area contributed by atoms with E-state index >= 15 is 0 Å². The van der Waals surface area contributed by atoms with Gasteiger partial charge in [0.25, 0.3) is 0 Å². The minimum absolute atomic E-state index is 0.127. The standard InChI is InChI=1S/C11H19FN2S/c1-11(2,3)10-14-8-9(15-10)7-13-6-4-5-12/h8,13H,4-7H2,1-3H3. The van der Waals surface area contributed by atoms with E-state index in [0.717, 1.165) is 18.1 Å². The molecule has 0 aliphatic rings. The van der Waals surface area contributed by atoms with E-state index in [4.69, 9.17) is 0 Å². The zero-order chi connectivity index (χ0) is 11.3. The minimum atomic E-state index is -0.247. The lowest BCUT2D eigenvalue weighted by Gasteiger charge is -2.13. The molecule has 0 aromatic carbocycles. The Hall–Kier alpha value is -0.480. The van der Waals surface area contributed by atoms with E-state index in [1.54, 1.807) is 11.3 Å². The Morgan fingerprint density at radius 3 is 2.73 bits per heavy atom. The molecule has 0 aliphatic heterocycles. The van der Waals surface area contributed by atoms with Gasteiger partial charge in [-0.3, -0.25) is 4.39 Å². The van der Waals surface area contributed by atoms with Crippen LogP contribution in [0.15, 0.2) is 6.20 Å². The topological polar surface area (TPSA) is 24.9 Å². The van der Waals surface area contributed by atoms with E-state index in [-0.39, 0.29) is 12.1 Å². The van der Waals surface area contributed by atoms with Gasteiger partial charge < -0.3 is 5.32 Å². The van der Waals surface area contributed by atoms with Gasteiger partial charge in [0, 0.05) is 23.0 Å². The maximum Gasteiger partial charge on any atom is 0.0981 e. The molecule has 4 heteroatoms. The SMILES string of the molecule is CC(C)(C)c1ncc(CNCCCF)s1. The molecule has 1 aromatic rings. The molecule has 0 amide bonds. The first-order valence-electron chi connectivity index (χ1n) is 5.26. The van der Waals surface area contributed by atoms with E-state index in [1.807, 2.05) is 6.20 Å². The van der Waals surface area contributed by atoms with Gasteiger partial charge in [-0.05, 0) is 13.0 Å². The van der Waals surface area contributed by atoms with Crippen LogP contribution in [0.4, 0.5) is 4.39 Å². The first-order chi connectivity index (χ1) is 7.04. The lowest BCUT2D eigenvalue weighted by Crippen LogP contribution is -2.14. The molecular weight excluding hydrogens is 211 g/mol. The Morgan fingerprint density at radius 1 is 1.47 bits per heavy atom. The predicted molar refractivity (Wildman–Crippen MR) is 63.1 cm³/mol. The van der Waals surface area contributed by atoms with E-state index in [2.05, 4.69) is 31.1 Å². The molecular formula is C11H19FN2S. The third-order valence-electron chi connectivity index (χ3n) is 1.98. The molecule has 0 bridgehead atoms. The van der Waals surface area contributed by atoms with Crippen LogP contribution in [0, 0.1) is 0 Å². The number of hydrogen-bond acceptors (Lipinski definition) is 3. The number of aromatic nitrogens is 1. The summed E-state index contributed by atoms with van der Waals surface area (Å²) >= 11 is 1.73. The van der Waals surface area contributed by atoms with Crippen LogP contribution < -0.4 is 5.32 Å². The highest BCUT2D eigenvalue weighted by Crippen LogP contribution is 2.26. The highest BCUT2D eigenvalue weighted by atomic mass is 32.1. The van der Waals surface area contributed by atoms with Crippen LogP contribution in [0.2, 0.25) is 0 Å². The molecule has 0 radical (unpaired) electrons. The Balaban J connectivity index is 2.40. The van der Waals surface area contributed by atoms with Crippen molar-refractivity contribution in [3.05, 3.63) is 16.1 Å². The summed E-state index contributed by atoms with van der Waals surface area (Å²) in [5, 5.41) is 4.36. The van der Waals surface area contributed by atoms with Crippen LogP contribution >= 0.6 is 11.3 Å². The second-order valence-electron chi connectivity index (χ2n) is 4.60. The third kappa shape index (κ3) is 4.26. The monoisotopic (exact) mass is 230 g/mol. The summed E-state index contributed by atoms with van der Waals surface area (Å²) in [6, 6.07) is 0. The van der Waals surface area contributed by atoms with Crippen molar-refractivity contribution in [1.82, 2.24) is 10.3 Å². The number of hydrogen-bond donors (Lipinski definition) is 1. The van der Waals surface area contributed by atoms with Crippen molar-refractivity contribution in [1.29, 1.82) is 0 Å². The molecule has 0 unspecified atom stereocenters. The highest BCUT2D eigenvalue weighted by molar-refractivity contribution is 7.11. The molecule has 0 fully saturated rings. The Bertz CT molecular complexity index is 291. The Morgan fingerprint density at radius 2 is 2.20 bits per heavy atom. The van der Waals surface area contributed by atoms with Gasteiger partial charge in [0.1, 0.15) is 0 Å². The van der Waals surface area contributed by atoms with Crippen LogP contribution in [0.5, 0.6) is 0 Å². The average molecular weight is 230 g/mol. The predicted octanol–water partition coefficient (Wildman–Crippen LogP) is 2.89. The highest BCUT2D eigenvalue weighted by Gasteiger charge is 2.17. The zero-order valence-electron chi connectivity index (χ0n) is 9.64. The van der Waals surface area contributed by atoms with Crippen LogP contribution in [-0.2, 0) is 12.0 Å². The molecule has 1 heterocycles. The lowest BCUT2D eigenvalue weighted by molar-refractivity contribution is 0.459. The number of nitrogens with one attached hydrogen (secondary N) is 1. The fourth-order valence-corrected chi connectivity index (χ4v) is 2.08. The van der Waals surface area contributed by atoms with E-state index < -0.39 is 0 Å². The number of halogens is 1. The second kappa shape index (κ2) is 5.56. The normalized spacial score (nSPS) is 12.0. The lowest BCUT2D eigenvalue weighted by atomic mass is 9.98. The molecule has 0 aliphatic carbocycles. The maximum atomic E-state index is 11.8. The van der Waals surface area contributed by atoms with Gasteiger partial charge in [0.2, 0.25) is 0 Å². The smallest absolute Gasteiger partial charge is 0.0981 e. The van der Waals surface area contributed by atoms with Gasteiger partial charge in [-0.15, -0.1) is 11.3 Å². The van der Waals surface area contributed by atoms with Crippen molar-refractivity contribution < 1.29 is 4.39 Å². The summed E-state index contributed by atoms with van der Waals surface area (Å²) in [7, 11) is 0. The van der Waals surface area contributed by atoms with Crippen molar-refractivity contribution in [3.8, 4) is 0 Å². The van der Waals surface area contributed by atoms with Crippen molar-refractivity contribution in [2.45, 2.75) is 39.2 Å². The van der Waals surface area contributed by atoms with Gasteiger partial charge in [-0.1, -0.05) is 20.8 Å². The van der Waals surface area contributed by atoms with Gasteiger partial charge in [-0.2, -0.15) is 0 Å². The molecule has 0 saturated heterocycles. The number of rotatable bonds is 5. The molecule has 0 atom stereocenters. The first kappa shape index (κ1) is 12.6. The summed E-state index contributed by atoms with van der Waals surface area (Å²) in [5.74, 6) is 0. The second-order valence-corrected chi connectivity index (χ2v) is 5.72. The summed E-state index contributed by atoms with van der Waals surface area (Å²) in [6.07, 6.45) is 2.50. The van der Waals surface area contributed by atoms with Crippen LogP contribution in [0.25, 0.3) is 0 Å². The van der Waals surface area contributed by atoms with Crippen molar-refractivity contribution in [2.24, 2.45) is 0 Å². The quantitative estimate of drug-likeness (QED) is 0.787. The summed E-state index contributed by atoms with van der Waals surface area (Å²) in [4.78, 5) is 5.61. The number of thiazole rings is 1. The molecule has 1 aromatic heterocycles. The summed E-state index contributed by atoms with van der Waals surface area (Å²) in [6.45, 7) is 7.76. The fraction of sp³-hybridized carbons (Fsp3) is 0.727.